The van der Waals surface area contributed by atoms with E-state index in [1.807, 2.05) is 6.07 Å². The summed E-state index contributed by atoms with van der Waals surface area (Å²) in [4.78, 5) is 37.1. The molecule has 10 nitrogen and oxygen atoms in total. The van der Waals surface area contributed by atoms with E-state index in [9.17, 15) is 14.4 Å². The molecule has 41 heavy (non-hydrogen) atoms. The van der Waals surface area contributed by atoms with Gasteiger partial charge in [-0.15, -0.1) is 0 Å². The lowest BCUT2D eigenvalue weighted by atomic mass is 9.43. The molecular weight excluding hydrogens is 529 g/mol. The summed E-state index contributed by atoms with van der Waals surface area (Å²) < 4.78 is 34.2. The Morgan fingerprint density at radius 2 is 1.85 bits per heavy atom. The smallest absolute Gasteiger partial charge is 0.496 e. The summed E-state index contributed by atoms with van der Waals surface area (Å²) in [5.74, 6) is -0.127. The maximum Gasteiger partial charge on any atom is 0.511 e. The molecule has 0 radical (unpaired) electrons. The van der Waals surface area contributed by atoms with Gasteiger partial charge in [0.1, 0.15) is 17.4 Å². The molecule has 1 heterocycles. The molecule has 4 saturated carbocycles. The lowest BCUT2D eigenvalue weighted by Crippen LogP contribution is -2.65. The highest BCUT2D eigenvalue weighted by atomic mass is 16.8. The highest BCUT2D eigenvalue weighted by Gasteiger charge is 2.68. The summed E-state index contributed by atoms with van der Waals surface area (Å²) in [6.07, 6.45) is 6.12. The number of hydrogen-bond acceptors (Lipinski definition) is 9. The predicted octanol–water partition coefficient (Wildman–Crippen LogP) is 4.61. The van der Waals surface area contributed by atoms with E-state index in [0.717, 1.165) is 44.9 Å². The lowest BCUT2D eigenvalue weighted by Gasteiger charge is -2.64. The van der Waals surface area contributed by atoms with Crippen LogP contribution in [-0.4, -0.2) is 62.8 Å². The standard InChI is InChI=1S/C30H42BNO9/c1-18(33)32-25(31-40-24-16-20-15-23(29(20,2)3)30(24,4)41-31)14-19-10-9-13-22(26(19)36-5)27(34)37-17-38-28(35)39-21-11-7-6-8-12-21/h9-10,13,20-21,23-25H,6-8,11-12,14-17H2,1-5H3,(H,32,33). The highest BCUT2D eigenvalue weighted by Crippen LogP contribution is 2.65. The second kappa shape index (κ2) is 11.8. The van der Waals surface area contributed by atoms with Gasteiger partial charge < -0.3 is 33.6 Å². The van der Waals surface area contributed by atoms with Gasteiger partial charge in [0.25, 0.3) is 0 Å². The molecule has 6 rings (SSSR count). The summed E-state index contributed by atoms with van der Waals surface area (Å²) >= 11 is 0. The van der Waals surface area contributed by atoms with Crippen LogP contribution < -0.4 is 10.1 Å². The van der Waals surface area contributed by atoms with Crippen molar-refractivity contribution in [1.29, 1.82) is 0 Å². The molecule has 11 heteroatoms. The second-order valence-corrected chi connectivity index (χ2v) is 12.7. The van der Waals surface area contributed by atoms with Gasteiger partial charge in [0, 0.05) is 6.92 Å². The van der Waals surface area contributed by atoms with E-state index in [4.69, 9.17) is 28.3 Å². The van der Waals surface area contributed by atoms with E-state index in [1.54, 1.807) is 12.1 Å². The van der Waals surface area contributed by atoms with Gasteiger partial charge in [-0.25, -0.2) is 9.59 Å². The van der Waals surface area contributed by atoms with Crippen LogP contribution in [0.2, 0.25) is 0 Å². The van der Waals surface area contributed by atoms with Crippen molar-refractivity contribution in [1.82, 2.24) is 5.32 Å². The first kappa shape index (κ1) is 29.7. The Morgan fingerprint density at radius 3 is 2.54 bits per heavy atom. The molecule has 1 N–H and O–H groups in total. The molecule has 1 aromatic carbocycles. The van der Waals surface area contributed by atoms with E-state index in [0.29, 0.717) is 29.6 Å². The van der Waals surface area contributed by atoms with Crippen LogP contribution in [0.3, 0.4) is 0 Å². The Balaban J connectivity index is 1.24. The average molecular weight is 571 g/mol. The largest absolute Gasteiger partial charge is 0.511 e. The third kappa shape index (κ3) is 5.93. The molecule has 0 spiro atoms. The van der Waals surface area contributed by atoms with Crippen molar-refractivity contribution >= 4 is 25.2 Å². The second-order valence-electron chi connectivity index (χ2n) is 12.7. The quantitative estimate of drug-likeness (QED) is 0.258. The zero-order valence-corrected chi connectivity index (χ0v) is 24.7. The Bertz CT molecular complexity index is 1150. The fraction of sp³-hybridized carbons (Fsp3) is 0.700. The number of nitrogens with one attached hydrogen (secondary N) is 1. The molecule has 4 aliphatic carbocycles. The van der Waals surface area contributed by atoms with Crippen LogP contribution in [-0.2, 0) is 34.7 Å². The lowest BCUT2D eigenvalue weighted by molar-refractivity contribution is -0.199. The number of amides is 1. The Hall–Kier alpha value is -2.79. The Kier molecular flexibility index (Phi) is 8.57. The first-order valence-electron chi connectivity index (χ1n) is 14.8. The van der Waals surface area contributed by atoms with E-state index < -0.39 is 37.6 Å². The molecule has 1 amide bonds. The van der Waals surface area contributed by atoms with Crippen LogP contribution in [0, 0.1) is 17.3 Å². The van der Waals surface area contributed by atoms with E-state index in [1.165, 1.54) is 14.0 Å². The van der Waals surface area contributed by atoms with Crippen LogP contribution in [0.25, 0.3) is 0 Å². The van der Waals surface area contributed by atoms with Crippen LogP contribution >= 0.6 is 0 Å². The van der Waals surface area contributed by atoms with Gasteiger partial charge in [-0.3, -0.25) is 4.79 Å². The maximum atomic E-state index is 12.9. The maximum absolute atomic E-state index is 12.9. The van der Waals surface area contributed by atoms with Crippen molar-refractivity contribution < 1.29 is 42.6 Å². The molecule has 5 atom stereocenters. The molecule has 1 aromatic rings. The van der Waals surface area contributed by atoms with Crippen molar-refractivity contribution in [3.05, 3.63) is 29.3 Å². The number of methoxy groups -OCH3 is 1. The monoisotopic (exact) mass is 571 g/mol. The molecule has 5 aliphatic rings. The summed E-state index contributed by atoms with van der Waals surface area (Å²) in [6.45, 7) is 7.62. The molecule has 1 saturated heterocycles. The van der Waals surface area contributed by atoms with Gasteiger partial charge in [0.15, 0.2) is 0 Å². The van der Waals surface area contributed by atoms with Crippen LogP contribution in [0.5, 0.6) is 5.75 Å². The number of benzene rings is 1. The minimum absolute atomic E-state index is 0.0338. The molecule has 0 aromatic heterocycles. The minimum atomic E-state index is -0.852. The first-order valence-corrected chi connectivity index (χ1v) is 14.8. The van der Waals surface area contributed by atoms with Crippen LogP contribution in [0.15, 0.2) is 18.2 Å². The van der Waals surface area contributed by atoms with E-state index in [-0.39, 0.29) is 29.1 Å². The van der Waals surface area contributed by atoms with Crippen LogP contribution in [0.1, 0.15) is 88.6 Å². The zero-order valence-electron chi connectivity index (χ0n) is 24.7. The summed E-state index contributed by atoms with van der Waals surface area (Å²) in [7, 11) is 0.821. The SMILES string of the molecule is COc1c(CC(NC(C)=O)B2OC3CC4CC(C4(C)C)C3(C)O2)cccc1C(=O)OCOC(=O)OC1CCCCC1. The fourth-order valence-corrected chi connectivity index (χ4v) is 7.49. The third-order valence-electron chi connectivity index (χ3n) is 9.83. The Morgan fingerprint density at radius 1 is 1.10 bits per heavy atom. The summed E-state index contributed by atoms with van der Waals surface area (Å²) in [5.41, 5.74) is 0.622. The molecule has 5 unspecified atom stereocenters. The molecule has 2 bridgehead atoms. The Labute approximate surface area is 242 Å². The normalized spacial score (nSPS) is 29.0. The number of ether oxygens (including phenoxy) is 4. The van der Waals surface area contributed by atoms with Gasteiger partial charge >= 0.3 is 19.2 Å². The third-order valence-corrected chi connectivity index (χ3v) is 9.83. The van der Waals surface area contributed by atoms with Gasteiger partial charge in [0.05, 0.1) is 24.8 Å². The minimum Gasteiger partial charge on any atom is -0.496 e. The number of carbonyl (C=O) groups is 3. The van der Waals surface area contributed by atoms with E-state index >= 15 is 0 Å². The highest BCUT2D eigenvalue weighted by molar-refractivity contribution is 6.48. The molecule has 5 fully saturated rings. The van der Waals surface area contributed by atoms with Crippen LogP contribution in [0.4, 0.5) is 4.79 Å². The number of rotatable bonds is 9. The average Bonchev–Trinajstić information content (AvgIpc) is 3.30. The van der Waals surface area contributed by atoms with Gasteiger partial charge in [0.2, 0.25) is 12.7 Å². The fourth-order valence-electron chi connectivity index (χ4n) is 7.49. The van der Waals surface area contributed by atoms with Crippen molar-refractivity contribution in [3.63, 3.8) is 0 Å². The van der Waals surface area contributed by atoms with Crippen molar-refractivity contribution in [2.45, 2.75) is 103 Å². The van der Waals surface area contributed by atoms with Gasteiger partial charge in [-0.1, -0.05) is 32.4 Å². The first-order chi connectivity index (χ1) is 19.5. The molecular formula is C30H42BNO9. The van der Waals surface area contributed by atoms with Crippen molar-refractivity contribution in [2.24, 2.45) is 17.3 Å². The van der Waals surface area contributed by atoms with Gasteiger partial charge in [-0.2, -0.15) is 0 Å². The molecule has 1 aliphatic heterocycles. The zero-order chi connectivity index (χ0) is 29.4. The van der Waals surface area contributed by atoms with Crippen molar-refractivity contribution in [3.8, 4) is 5.75 Å². The van der Waals surface area contributed by atoms with Crippen molar-refractivity contribution in [2.75, 3.05) is 13.9 Å². The number of para-hydroxylation sites is 1. The number of esters is 1. The summed E-state index contributed by atoms with van der Waals surface area (Å²) in [6, 6.07) is 5.12. The topological polar surface area (TPSA) is 119 Å². The number of carbonyl (C=O) groups excluding carboxylic acids is 3. The van der Waals surface area contributed by atoms with E-state index in [2.05, 4.69) is 26.1 Å². The number of hydrogen-bond donors (Lipinski definition) is 1. The molecule has 224 valence electrons. The van der Waals surface area contributed by atoms with Gasteiger partial charge in [-0.05, 0) is 80.8 Å². The summed E-state index contributed by atoms with van der Waals surface area (Å²) in [5, 5.41) is 2.99. The predicted molar refractivity (Wildman–Crippen MR) is 149 cm³/mol.